The van der Waals surface area contributed by atoms with Gasteiger partial charge >= 0.3 is 10.4 Å². The van der Waals surface area contributed by atoms with Gasteiger partial charge in [0.1, 0.15) is 30.5 Å². The molecule has 0 spiro atoms. The third-order valence-electron chi connectivity index (χ3n) is 12.8. The molecule has 7 N–H and O–H groups in total. The van der Waals surface area contributed by atoms with Crippen molar-refractivity contribution in [3.63, 3.8) is 0 Å². The molecule has 8 atom stereocenters. The lowest BCUT2D eigenvalue weighted by atomic mass is 9.99. The summed E-state index contributed by atoms with van der Waals surface area (Å²) in [6, 6.07) is -1.03. The molecular formula is C49H97NO12S. The van der Waals surface area contributed by atoms with E-state index in [1.807, 2.05) is 0 Å². The summed E-state index contributed by atoms with van der Waals surface area (Å²) in [6.07, 6.45) is 31.3. The summed E-state index contributed by atoms with van der Waals surface area (Å²) in [5.74, 6) is -0.664. The smallest absolute Gasteiger partial charge is 0.394 e. The summed E-state index contributed by atoms with van der Waals surface area (Å²) in [5.41, 5.74) is 0. The number of aliphatic hydroxyl groups excluding tert-OH is 5. The molecule has 0 aromatic rings. The van der Waals surface area contributed by atoms with Crippen LogP contribution in [0.25, 0.3) is 0 Å². The van der Waals surface area contributed by atoms with Crippen molar-refractivity contribution in [3.8, 4) is 0 Å². The minimum atomic E-state index is -5.11. The topological polar surface area (TPSA) is 212 Å². The second-order valence-electron chi connectivity index (χ2n) is 18.6. The van der Waals surface area contributed by atoms with E-state index < -0.39 is 78.5 Å². The normalized spacial score (nSPS) is 20.8. The molecule has 376 valence electrons. The van der Waals surface area contributed by atoms with Gasteiger partial charge in [0.05, 0.1) is 25.4 Å². The average Bonchev–Trinajstić information content (AvgIpc) is 3.25. The number of hydrogen-bond acceptors (Lipinski definition) is 11. The summed E-state index contributed by atoms with van der Waals surface area (Å²) in [6.45, 7) is 3.31. The van der Waals surface area contributed by atoms with Gasteiger partial charge in [0.2, 0.25) is 5.91 Å². The zero-order chi connectivity index (χ0) is 46.4. The van der Waals surface area contributed by atoms with Crippen molar-refractivity contribution in [3.05, 3.63) is 0 Å². The van der Waals surface area contributed by atoms with Crippen molar-refractivity contribution in [1.29, 1.82) is 0 Å². The standard InChI is InChI=1S/C49H97NO12S/c1-3-5-7-9-11-13-15-17-19-20-21-22-24-25-27-29-31-33-35-37-42(52)41(40-60-49-46(55)47(62-63(57,58)59)45(54)44(39-51)61-49)50-48(56)43(53)38-36-34-32-30-28-26-23-18-16-14-12-10-8-6-4-2/h41-47,49,51-55H,3-40H2,1-2H3,(H,50,56)(H,57,58,59). The molecule has 0 radical (unpaired) electrons. The van der Waals surface area contributed by atoms with E-state index in [4.69, 9.17) is 9.47 Å². The minimum absolute atomic E-state index is 0.266. The molecule has 0 aromatic heterocycles. The van der Waals surface area contributed by atoms with Crippen molar-refractivity contribution in [2.45, 2.75) is 294 Å². The Morgan fingerprint density at radius 3 is 1.27 bits per heavy atom. The summed E-state index contributed by atoms with van der Waals surface area (Å²) in [5, 5.41) is 55.5. The molecule has 0 bridgehead atoms. The van der Waals surface area contributed by atoms with Crippen molar-refractivity contribution >= 4 is 16.3 Å². The number of aliphatic hydroxyl groups is 5. The molecule has 1 fully saturated rings. The van der Waals surface area contributed by atoms with E-state index >= 15 is 0 Å². The predicted octanol–water partition coefficient (Wildman–Crippen LogP) is 9.92. The SMILES string of the molecule is CCCCCCCCCCCCCCCCCCCCCC(O)C(COC1OC(CO)C(O)C(OS(=O)(=O)O)C1O)NC(=O)C(O)CCCCCCCCCCCCCCCCC. The molecule has 8 unspecified atom stereocenters. The van der Waals surface area contributed by atoms with Crippen molar-refractivity contribution in [2.24, 2.45) is 0 Å². The molecule has 0 saturated carbocycles. The van der Waals surface area contributed by atoms with E-state index in [-0.39, 0.29) is 6.42 Å². The molecule has 1 saturated heterocycles. The highest BCUT2D eigenvalue weighted by Gasteiger charge is 2.48. The number of rotatable bonds is 45. The molecular weight excluding hydrogens is 827 g/mol. The van der Waals surface area contributed by atoms with Crippen LogP contribution in [-0.4, -0.2) is 107 Å². The Balaban J connectivity index is 2.48. The van der Waals surface area contributed by atoms with Crippen molar-refractivity contribution < 1.29 is 57.0 Å². The highest BCUT2D eigenvalue weighted by Crippen LogP contribution is 2.26. The average molecular weight is 924 g/mol. The van der Waals surface area contributed by atoms with E-state index in [9.17, 15) is 43.3 Å². The molecule has 0 aromatic carbocycles. The maximum absolute atomic E-state index is 13.2. The predicted molar refractivity (Wildman–Crippen MR) is 252 cm³/mol. The van der Waals surface area contributed by atoms with Crippen LogP contribution < -0.4 is 5.32 Å². The van der Waals surface area contributed by atoms with Gasteiger partial charge in [0, 0.05) is 0 Å². The molecule has 1 amide bonds. The number of nitrogens with one attached hydrogen (secondary N) is 1. The fourth-order valence-corrected chi connectivity index (χ4v) is 9.15. The number of hydrogen-bond donors (Lipinski definition) is 7. The Labute approximate surface area is 384 Å². The van der Waals surface area contributed by atoms with E-state index in [1.165, 1.54) is 167 Å². The Morgan fingerprint density at radius 1 is 0.571 bits per heavy atom. The van der Waals surface area contributed by atoms with Gasteiger partial charge < -0.3 is 40.3 Å². The van der Waals surface area contributed by atoms with Gasteiger partial charge in [0.25, 0.3) is 0 Å². The molecule has 14 heteroatoms. The Morgan fingerprint density at radius 2 is 0.921 bits per heavy atom. The molecule has 0 aliphatic carbocycles. The first-order valence-electron chi connectivity index (χ1n) is 26.0. The maximum atomic E-state index is 13.2. The van der Waals surface area contributed by atoms with Crippen LogP contribution in [0, 0.1) is 0 Å². The minimum Gasteiger partial charge on any atom is -0.394 e. The van der Waals surface area contributed by atoms with Gasteiger partial charge in [0.15, 0.2) is 6.29 Å². The van der Waals surface area contributed by atoms with E-state index in [0.29, 0.717) is 19.3 Å². The van der Waals surface area contributed by atoms with Crippen LogP contribution in [0.4, 0.5) is 0 Å². The third-order valence-corrected chi connectivity index (χ3v) is 13.2. The lowest BCUT2D eigenvalue weighted by molar-refractivity contribution is -0.298. The second-order valence-corrected chi connectivity index (χ2v) is 19.7. The lowest BCUT2D eigenvalue weighted by Crippen LogP contribution is -2.61. The van der Waals surface area contributed by atoms with E-state index in [0.717, 1.165) is 38.5 Å². The first kappa shape index (κ1) is 60.1. The van der Waals surface area contributed by atoms with Crippen LogP contribution in [0.1, 0.15) is 245 Å². The fourth-order valence-electron chi connectivity index (χ4n) is 8.64. The summed E-state index contributed by atoms with van der Waals surface area (Å²) < 4.78 is 47.7. The molecule has 63 heavy (non-hydrogen) atoms. The lowest BCUT2D eigenvalue weighted by Gasteiger charge is -2.41. The van der Waals surface area contributed by atoms with Crippen LogP contribution in [0.5, 0.6) is 0 Å². The van der Waals surface area contributed by atoms with Crippen LogP contribution >= 0.6 is 0 Å². The van der Waals surface area contributed by atoms with Gasteiger partial charge in [-0.15, -0.1) is 0 Å². The van der Waals surface area contributed by atoms with Gasteiger partial charge in [-0.1, -0.05) is 232 Å². The largest absolute Gasteiger partial charge is 0.397 e. The highest BCUT2D eigenvalue weighted by molar-refractivity contribution is 7.80. The summed E-state index contributed by atoms with van der Waals surface area (Å²) >= 11 is 0. The Hall–Kier alpha value is -0.940. The van der Waals surface area contributed by atoms with Crippen molar-refractivity contribution in [1.82, 2.24) is 5.32 Å². The van der Waals surface area contributed by atoms with Crippen LogP contribution in [0.3, 0.4) is 0 Å². The second kappa shape index (κ2) is 40.2. The zero-order valence-electron chi connectivity index (χ0n) is 40.0. The van der Waals surface area contributed by atoms with Crippen LogP contribution in [0.15, 0.2) is 0 Å². The van der Waals surface area contributed by atoms with Gasteiger partial charge in [-0.05, 0) is 12.8 Å². The molecule has 1 rings (SSSR count). The Kier molecular flexibility index (Phi) is 38.3. The van der Waals surface area contributed by atoms with Gasteiger partial charge in [-0.2, -0.15) is 8.42 Å². The quantitative estimate of drug-likeness (QED) is 0.0225. The zero-order valence-corrected chi connectivity index (χ0v) is 40.8. The number of amides is 1. The molecule has 1 aliphatic heterocycles. The number of unbranched alkanes of at least 4 members (excludes halogenated alkanes) is 32. The van der Waals surface area contributed by atoms with Crippen molar-refractivity contribution in [2.75, 3.05) is 13.2 Å². The first-order valence-corrected chi connectivity index (χ1v) is 27.4. The molecule has 1 heterocycles. The number of ether oxygens (including phenoxy) is 2. The summed E-state index contributed by atoms with van der Waals surface area (Å²) in [4.78, 5) is 13.2. The van der Waals surface area contributed by atoms with Crippen LogP contribution in [0.2, 0.25) is 0 Å². The molecule has 13 nitrogen and oxygen atoms in total. The van der Waals surface area contributed by atoms with E-state index in [2.05, 4.69) is 23.3 Å². The fraction of sp³-hybridized carbons (Fsp3) is 0.980. The van der Waals surface area contributed by atoms with E-state index in [1.54, 1.807) is 0 Å². The first-order chi connectivity index (χ1) is 30.4. The molecule has 1 aliphatic rings. The number of carbonyl (C=O) groups excluding carboxylic acids is 1. The monoisotopic (exact) mass is 924 g/mol. The van der Waals surface area contributed by atoms with Gasteiger partial charge in [-0.25, -0.2) is 4.18 Å². The Bertz CT molecular complexity index is 1150. The number of carbonyl (C=O) groups is 1. The maximum Gasteiger partial charge on any atom is 0.397 e. The highest BCUT2D eigenvalue weighted by atomic mass is 32.3. The van der Waals surface area contributed by atoms with Crippen LogP contribution in [-0.2, 0) is 28.9 Å². The third kappa shape index (κ3) is 32.4. The van der Waals surface area contributed by atoms with Gasteiger partial charge in [-0.3, -0.25) is 9.35 Å². The summed E-state index contributed by atoms with van der Waals surface area (Å²) in [7, 11) is -5.11.